The molecule has 4 heteroatoms. The van der Waals surface area contributed by atoms with Gasteiger partial charge in [0.1, 0.15) is 4.99 Å². The van der Waals surface area contributed by atoms with Crippen molar-refractivity contribution in [3.63, 3.8) is 0 Å². The standard InChI is InChI=1S/C16H24N2OS/c1-12-10-13(16(17)20)6-7-14(12)11-18(8-9-19)15-4-2-3-5-15/h6-7,10,15,19H,2-5,8-9,11H2,1H3,(H2,17,20). The number of aryl methyl sites for hydroxylation is 1. The number of nitrogens with two attached hydrogens (primary N) is 1. The summed E-state index contributed by atoms with van der Waals surface area (Å²) in [4.78, 5) is 2.86. The normalized spacial score (nSPS) is 15.9. The van der Waals surface area contributed by atoms with Crippen molar-refractivity contribution in [1.29, 1.82) is 0 Å². The van der Waals surface area contributed by atoms with E-state index in [1.165, 1.54) is 36.8 Å². The third kappa shape index (κ3) is 3.78. The van der Waals surface area contributed by atoms with Gasteiger partial charge >= 0.3 is 0 Å². The van der Waals surface area contributed by atoms with Gasteiger partial charge in [-0.15, -0.1) is 0 Å². The molecule has 3 N–H and O–H groups in total. The molecule has 110 valence electrons. The van der Waals surface area contributed by atoms with Crippen LogP contribution in [-0.2, 0) is 6.54 Å². The van der Waals surface area contributed by atoms with Gasteiger partial charge in [-0.25, -0.2) is 0 Å². The average Bonchev–Trinajstić information content (AvgIpc) is 2.94. The minimum absolute atomic E-state index is 0.223. The van der Waals surface area contributed by atoms with Crippen LogP contribution >= 0.6 is 12.2 Å². The first-order valence-electron chi connectivity index (χ1n) is 7.36. The highest BCUT2D eigenvalue weighted by molar-refractivity contribution is 7.80. The largest absolute Gasteiger partial charge is 0.395 e. The lowest BCUT2D eigenvalue weighted by atomic mass is 10.0. The zero-order valence-electron chi connectivity index (χ0n) is 12.1. The fourth-order valence-electron chi connectivity index (χ4n) is 3.03. The molecule has 0 heterocycles. The molecule has 20 heavy (non-hydrogen) atoms. The number of aliphatic hydroxyl groups is 1. The summed E-state index contributed by atoms with van der Waals surface area (Å²) < 4.78 is 0. The molecule has 1 fully saturated rings. The van der Waals surface area contributed by atoms with Gasteiger partial charge in [0.15, 0.2) is 0 Å². The van der Waals surface area contributed by atoms with E-state index in [9.17, 15) is 5.11 Å². The Labute approximate surface area is 126 Å². The summed E-state index contributed by atoms with van der Waals surface area (Å²) in [5.41, 5.74) is 9.11. The fraction of sp³-hybridized carbons (Fsp3) is 0.562. The highest BCUT2D eigenvalue weighted by Gasteiger charge is 2.22. The van der Waals surface area contributed by atoms with Crippen molar-refractivity contribution < 1.29 is 5.11 Å². The van der Waals surface area contributed by atoms with Crippen LogP contribution in [0.2, 0.25) is 0 Å². The molecular weight excluding hydrogens is 268 g/mol. The van der Waals surface area contributed by atoms with Gasteiger partial charge in [-0.2, -0.15) is 0 Å². The molecule has 0 atom stereocenters. The van der Waals surface area contributed by atoms with E-state index in [-0.39, 0.29) is 6.61 Å². The van der Waals surface area contributed by atoms with E-state index in [0.29, 0.717) is 11.0 Å². The van der Waals surface area contributed by atoms with Crippen molar-refractivity contribution in [2.24, 2.45) is 5.73 Å². The maximum Gasteiger partial charge on any atom is 0.103 e. The van der Waals surface area contributed by atoms with Gasteiger partial charge in [0.25, 0.3) is 0 Å². The highest BCUT2D eigenvalue weighted by Crippen LogP contribution is 2.25. The predicted octanol–water partition coefficient (Wildman–Crippen LogP) is 2.37. The fourth-order valence-corrected chi connectivity index (χ4v) is 3.16. The van der Waals surface area contributed by atoms with Crippen LogP contribution in [0.15, 0.2) is 18.2 Å². The Kier molecular flexibility index (Phi) is 5.52. The number of aliphatic hydroxyl groups excluding tert-OH is 1. The zero-order chi connectivity index (χ0) is 14.5. The summed E-state index contributed by atoms with van der Waals surface area (Å²) in [6.07, 6.45) is 5.13. The van der Waals surface area contributed by atoms with Crippen molar-refractivity contribution in [2.45, 2.75) is 45.2 Å². The van der Waals surface area contributed by atoms with Crippen molar-refractivity contribution in [3.05, 3.63) is 34.9 Å². The Morgan fingerprint density at radius 3 is 2.65 bits per heavy atom. The summed E-state index contributed by atoms with van der Waals surface area (Å²) in [6, 6.07) is 6.79. The summed E-state index contributed by atoms with van der Waals surface area (Å²) in [6.45, 7) is 3.97. The molecule has 2 rings (SSSR count). The summed E-state index contributed by atoms with van der Waals surface area (Å²) in [5, 5.41) is 9.29. The van der Waals surface area contributed by atoms with Gasteiger partial charge < -0.3 is 10.8 Å². The lowest BCUT2D eigenvalue weighted by Crippen LogP contribution is -2.35. The second kappa shape index (κ2) is 7.16. The Bertz CT molecular complexity index is 470. The molecule has 1 saturated carbocycles. The maximum atomic E-state index is 9.29. The lowest BCUT2D eigenvalue weighted by molar-refractivity contribution is 0.144. The third-order valence-electron chi connectivity index (χ3n) is 4.23. The topological polar surface area (TPSA) is 49.5 Å². The minimum atomic E-state index is 0.223. The second-order valence-electron chi connectivity index (χ2n) is 5.64. The molecule has 0 amide bonds. The van der Waals surface area contributed by atoms with Crippen LogP contribution in [-0.4, -0.2) is 34.2 Å². The van der Waals surface area contributed by atoms with Crippen molar-refractivity contribution in [1.82, 2.24) is 4.90 Å². The first kappa shape index (κ1) is 15.4. The van der Waals surface area contributed by atoms with Crippen LogP contribution in [0, 0.1) is 6.92 Å². The van der Waals surface area contributed by atoms with E-state index in [2.05, 4.69) is 24.0 Å². The summed E-state index contributed by atoms with van der Waals surface area (Å²) >= 11 is 5.02. The Morgan fingerprint density at radius 1 is 1.40 bits per heavy atom. The highest BCUT2D eigenvalue weighted by atomic mass is 32.1. The van der Waals surface area contributed by atoms with Crippen molar-refractivity contribution >= 4 is 17.2 Å². The van der Waals surface area contributed by atoms with Gasteiger partial charge in [-0.05, 0) is 37.0 Å². The van der Waals surface area contributed by atoms with Crippen molar-refractivity contribution in [3.8, 4) is 0 Å². The van der Waals surface area contributed by atoms with E-state index in [4.69, 9.17) is 18.0 Å². The molecule has 1 aliphatic carbocycles. The van der Waals surface area contributed by atoms with Crippen LogP contribution in [0.5, 0.6) is 0 Å². The minimum Gasteiger partial charge on any atom is -0.395 e. The van der Waals surface area contributed by atoms with Crippen LogP contribution in [0.25, 0.3) is 0 Å². The van der Waals surface area contributed by atoms with Gasteiger partial charge in [0.05, 0.1) is 6.61 Å². The molecule has 0 bridgehead atoms. The second-order valence-corrected chi connectivity index (χ2v) is 6.08. The van der Waals surface area contributed by atoms with Gasteiger partial charge in [-0.3, -0.25) is 4.90 Å². The molecule has 0 radical (unpaired) electrons. The lowest BCUT2D eigenvalue weighted by Gasteiger charge is -2.28. The van der Waals surface area contributed by atoms with E-state index in [1.807, 2.05) is 6.07 Å². The number of hydrogen-bond acceptors (Lipinski definition) is 3. The van der Waals surface area contributed by atoms with Gasteiger partial charge in [0.2, 0.25) is 0 Å². The smallest absolute Gasteiger partial charge is 0.103 e. The summed E-state index contributed by atoms with van der Waals surface area (Å²) in [7, 11) is 0. The first-order chi connectivity index (χ1) is 9.61. The number of rotatable bonds is 6. The Hall–Kier alpha value is -0.970. The average molecular weight is 292 g/mol. The maximum absolute atomic E-state index is 9.29. The number of thiocarbonyl (C=S) groups is 1. The molecule has 1 aromatic rings. The molecule has 0 spiro atoms. The van der Waals surface area contributed by atoms with E-state index < -0.39 is 0 Å². The molecule has 1 aromatic carbocycles. The number of hydrogen-bond donors (Lipinski definition) is 2. The number of nitrogens with zero attached hydrogens (tertiary/aromatic N) is 1. The first-order valence-corrected chi connectivity index (χ1v) is 7.77. The van der Waals surface area contributed by atoms with Crippen LogP contribution < -0.4 is 5.73 Å². The van der Waals surface area contributed by atoms with E-state index >= 15 is 0 Å². The monoisotopic (exact) mass is 292 g/mol. The van der Waals surface area contributed by atoms with Crippen LogP contribution in [0.1, 0.15) is 42.4 Å². The van der Waals surface area contributed by atoms with E-state index in [0.717, 1.165) is 18.7 Å². The molecule has 3 nitrogen and oxygen atoms in total. The number of benzene rings is 1. The Morgan fingerprint density at radius 2 is 2.10 bits per heavy atom. The SMILES string of the molecule is Cc1cc(C(N)=S)ccc1CN(CCO)C1CCCC1. The quantitative estimate of drug-likeness (QED) is 0.790. The predicted molar refractivity (Wildman–Crippen MR) is 86.8 cm³/mol. The molecule has 0 aromatic heterocycles. The van der Waals surface area contributed by atoms with Crippen LogP contribution in [0.3, 0.4) is 0 Å². The zero-order valence-corrected chi connectivity index (χ0v) is 13.0. The summed E-state index contributed by atoms with van der Waals surface area (Å²) in [5.74, 6) is 0. The van der Waals surface area contributed by atoms with Crippen LogP contribution in [0.4, 0.5) is 0 Å². The molecule has 0 saturated heterocycles. The van der Waals surface area contributed by atoms with Crippen molar-refractivity contribution in [2.75, 3.05) is 13.2 Å². The molecular formula is C16H24N2OS. The molecule has 1 aliphatic rings. The third-order valence-corrected chi connectivity index (χ3v) is 4.46. The van der Waals surface area contributed by atoms with Gasteiger partial charge in [0, 0.05) is 24.7 Å². The van der Waals surface area contributed by atoms with E-state index in [1.54, 1.807) is 0 Å². The molecule has 0 aliphatic heterocycles. The molecule has 0 unspecified atom stereocenters. The van der Waals surface area contributed by atoms with Gasteiger partial charge in [-0.1, -0.05) is 37.2 Å². The Balaban J connectivity index is 2.11.